The van der Waals surface area contributed by atoms with Gasteiger partial charge < -0.3 is 14.7 Å². The van der Waals surface area contributed by atoms with E-state index in [9.17, 15) is 27.3 Å². The molecule has 7 nitrogen and oxygen atoms in total. The highest BCUT2D eigenvalue weighted by molar-refractivity contribution is 7.86. The predicted molar refractivity (Wildman–Crippen MR) is 113 cm³/mol. The van der Waals surface area contributed by atoms with Gasteiger partial charge in [0.2, 0.25) is 5.88 Å². The predicted octanol–water partition coefficient (Wildman–Crippen LogP) is 3.26. The van der Waals surface area contributed by atoms with Gasteiger partial charge in [0.1, 0.15) is 12.3 Å². The molecule has 1 aliphatic rings. The molecule has 1 amide bonds. The summed E-state index contributed by atoms with van der Waals surface area (Å²) in [4.78, 5) is 18.9. The lowest BCUT2D eigenvalue weighted by Gasteiger charge is -2.36. The van der Waals surface area contributed by atoms with Crippen molar-refractivity contribution in [2.75, 3.05) is 30.6 Å². The number of aliphatic hydroxyl groups excluding tert-OH is 1. The van der Waals surface area contributed by atoms with Crippen molar-refractivity contribution in [3.05, 3.63) is 47.7 Å². The third-order valence-electron chi connectivity index (χ3n) is 4.84. The van der Waals surface area contributed by atoms with Gasteiger partial charge in [-0.2, -0.15) is 13.2 Å². The maximum Gasteiger partial charge on any atom is 0.416 e. The maximum absolute atomic E-state index is 13.1. The number of aliphatic hydroxyl groups is 1. The lowest BCUT2D eigenvalue weighted by molar-refractivity contribution is -0.137. The second-order valence-electron chi connectivity index (χ2n) is 8.12. The minimum absolute atomic E-state index is 0.122. The molecule has 3 rings (SSSR count). The van der Waals surface area contributed by atoms with Gasteiger partial charge in [0.25, 0.3) is 5.91 Å². The molecule has 1 aromatic carbocycles. The summed E-state index contributed by atoms with van der Waals surface area (Å²) in [5.41, 5.74) is -0.874. The number of anilines is 1. The number of nitrogens with zero attached hydrogens (tertiary/aromatic N) is 3. The van der Waals surface area contributed by atoms with Crippen molar-refractivity contribution < 1.29 is 32.0 Å². The first-order chi connectivity index (χ1) is 14.9. The minimum Gasteiger partial charge on any atom is -0.474 e. The fourth-order valence-corrected chi connectivity index (χ4v) is 4.42. The van der Waals surface area contributed by atoms with Crippen LogP contribution in [0.5, 0.6) is 5.88 Å². The van der Waals surface area contributed by atoms with Gasteiger partial charge in [-0.15, -0.1) is 0 Å². The molecule has 11 heteroatoms. The molecule has 174 valence electrons. The average molecular weight is 472 g/mol. The van der Waals surface area contributed by atoms with Crippen molar-refractivity contribution >= 4 is 22.6 Å². The van der Waals surface area contributed by atoms with Crippen LogP contribution < -0.4 is 9.04 Å². The van der Waals surface area contributed by atoms with Crippen LogP contribution in [0.2, 0.25) is 0 Å². The maximum atomic E-state index is 13.1. The molecular weight excluding hydrogens is 447 g/mol. The van der Waals surface area contributed by atoms with Crippen LogP contribution >= 0.6 is 0 Å². The van der Waals surface area contributed by atoms with Gasteiger partial charge in [0.15, 0.2) is 11.0 Å². The van der Waals surface area contributed by atoms with Crippen LogP contribution in [0.25, 0.3) is 0 Å². The number of rotatable bonds is 5. The van der Waals surface area contributed by atoms with Crippen molar-refractivity contribution in [2.24, 2.45) is 0 Å². The number of halogens is 3. The molecule has 0 spiro atoms. The van der Waals surface area contributed by atoms with Crippen molar-refractivity contribution in [1.82, 2.24) is 9.88 Å². The van der Waals surface area contributed by atoms with Crippen molar-refractivity contribution in [2.45, 2.75) is 37.4 Å². The van der Waals surface area contributed by atoms with Gasteiger partial charge in [-0.25, -0.2) is 9.19 Å². The first kappa shape index (κ1) is 24.0. The zero-order valence-electron chi connectivity index (χ0n) is 17.8. The number of amides is 1. The van der Waals surface area contributed by atoms with Crippen LogP contribution in [-0.4, -0.2) is 56.9 Å². The number of fused-ring (bicyclic) bond motifs is 1. The molecule has 1 aromatic heterocycles. The number of hydrogen-bond acceptors (Lipinski definition) is 5. The summed E-state index contributed by atoms with van der Waals surface area (Å²) in [5, 5.41) is 9.35. The van der Waals surface area contributed by atoms with Crippen molar-refractivity contribution in [3.63, 3.8) is 0 Å². The Labute approximate surface area is 186 Å². The highest BCUT2D eigenvalue weighted by Crippen LogP contribution is 2.34. The number of benzene rings is 1. The van der Waals surface area contributed by atoms with E-state index in [0.717, 1.165) is 12.1 Å². The Bertz CT molecular complexity index is 1010. The number of ether oxygens (including phenoxy) is 1. The van der Waals surface area contributed by atoms with Gasteiger partial charge in [-0.05, 0) is 51.1 Å². The zero-order valence-corrected chi connectivity index (χ0v) is 18.7. The van der Waals surface area contributed by atoms with E-state index in [2.05, 4.69) is 4.98 Å². The van der Waals surface area contributed by atoms with Crippen molar-refractivity contribution in [1.29, 1.82) is 0 Å². The van der Waals surface area contributed by atoms with Crippen LogP contribution in [0.3, 0.4) is 0 Å². The Morgan fingerprint density at radius 1 is 1.25 bits per heavy atom. The highest BCUT2D eigenvalue weighted by Gasteiger charge is 2.32. The van der Waals surface area contributed by atoms with Crippen LogP contribution in [0.4, 0.5) is 18.9 Å². The number of β-amino-alcohol motifs (C(OH)–C–C–N with tert-alkyl or cyclic N) is 1. The normalized spacial score (nSPS) is 15.0. The quantitative estimate of drug-likeness (QED) is 0.724. The number of alkyl halides is 3. The molecule has 1 N–H and O–H groups in total. The molecular formula is C21H24F3N3O4S. The fraction of sp³-hybridized carbons (Fsp3) is 0.429. The summed E-state index contributed by atoms with van der Waals surface area (Å²) in [6.07, 6.45) is -3.14. The first-order valence-corrected chi connectivity index (χ1v) is 11.0. The minimum atomic E-state index is -4.49. The molecule has 32 heavy (non-hydrogen) atoms. The molecule has 2 aromatic rings. The van der Waals surface area contributed by atoms with Crippen molar-refractivity contribution in [3.8, 4) is 5.88 Å². The Hall–Kier alpha value is -2.66. The second-order valence-corrected chi connectivity index (χ2v) is 9.53. The Kier molecular flexibility index (Phi) is 6.80. The van der Waals surface area contributed by atoms with Crippen LogP contribution in [0.1, 0.15) is 36.7 Å². The van der Waals surface area contributed by atoms with E-state index < -0.39 is 28.3 Å². The molecule has 1 unspecified atom stereocenters. The third-order valence-corrected chi connectivity index (χ3v) is 6.30. The highest BCUT2D eigenvalue weighted by atomic mass is 32.2. The molecule has 0 radical (unpaired) electrons. The topological polar surface area (TPSA) is 83.0 Å². The summed E-state index contributed by atoms with van der Waals surface area (Å²) in [5.74, 6) is -0.190. The molecule has 0 saturated carbocycles. The smallest absolute Gasteiger partial charge is 0.416 e. The van der Waals surface area contributed by atoms with Gasteiger partial charge >= 0.3 is 6.18 Å². The van der Waals surface area contributed by atoms with Gasteiger partial charge in [-0.1, -0.05) is 0 Å². The van der Waals surface area contributed by atoms with E-state index in [1.807, 2.05) is 20.8 Å². The average Bonchev–Trinajstić information content (AvgIpc) is 2.74. The van der Waals surface area contributed by atoms with Gasteiger partial charge in [0.05, 0.1) is 29.2 Å². The molecule has 0 bridgehead atoms. The second kappa shape index (κ2) is 9.07. The Morgan fingerprint density at radius 2 is 1.91 bits per heavy atom. The lowest BCUT2D eigenvalue weighted by Crippen LogP contribution is -2.47. The SMILES string of the molecule is CC(C)(C)N(CCO)C(=O)c1cnc2c(c1)N(S(=O)c1ccc(C(F)(F)F)cc1)CCO2. The number of carbonyl (C=O) groups is 1. The summed E-state index contributed by atoms with van der Waals surface area (Å²) in [6.45, 7) is 5.79. The summed E-state index contributed by atoms with van der Waals surface area (Å²) in [7, 11) is -1.84. The van der Waals surface area contributed by atoms with E-state index in [4.69, 9.17) is 4.74 Å². The van der Waals surface area contributed by atoms with E-state index in [-0.39, 0.29) is 48.5 Å². The number of pyridine rings is 1. The third kappa shape index (κ3) is 5.04. The van der Waals surface area contributed by atoms with E-state index in [0.29, 0.717) is 5.69 Å². The summed E-state index contributed by atoms with van der Waals surface area (Å²) in [6, 6.07) is 5.59. The fourth-order valence-electron chi connectivity index (χ4n) is 3.25. The molecule has 2 heterocycles. The van der Waals surface area contributed by atoms with Crippen LogP contribution in [-0.2, 0) is 17.2 Å². The molecule has 0 aliphatic carbocycles. The number of aromatic nitrogens is 1. The number of hydrogen-bond donors (Lipinski definition) is 1. The zero-order chi connectivity index (χ0) is 23.7. The Balaban J connectivity index is 1.93. The van der Waals surface area contributed by atoms with Crippen LogP contribution in [0.15, 0.2) is 41.4 Å². The van der Waals surface area contributed by atoms with E-state index in [1.54, 1.807) is 0 Å². The first-order valence-electron chi connectivity index (χ1n) is 9.86. The number of carbonyl (C=O) groups excluding carboxylic acids is 1. The molecule has 1 aliphatic heterocycles. The summed E-state index contributed by atoms with van der Waals surface area (Å²) >= 11 is 0. The van der Waals surface area contributed by atoms with E-state index >= 15 is 0 Å². The lowest BCUT2D eigenvalue weighted by atomic mass is 10.0. The van der Waals surface area contributed by atoms with Gasteiger partial charge in [-0.3, -0.25) is 9.10 Å². The van der Waals surface area contributed by atoms with E-state index in [1.165, 1.54) is 33.6 Å². The largest absolute Gasteiger partial charge is 0.474 e. The molecule has 0 saturated heterocycles. The Morgan fingerprint density at radius 3 is 2.47 bits per heavy atom. The molecule has 1 atom stereocenters. The van der Waals surface area contributed by atoms with Crippen LogP contribution in [0, 0.1) is 0 Å². The summed E-state index contributed by atoms with van der Waals surface area (Å²) < 4.78 is 58.6. The molecule has 0 fully saturated rings. The standard InChI is InChI=1S/C21H24F3N3O4S/c1-20(2,3)26(8-10-28)19(29)14-12-17-18(25-13-14)31-11-9-27(17)32(30)16-6-4-15(5-7-16)21(22,23)24/h4-7,12-13,28H,8-11H2,1-3H3. The van der Waals surface area contributed by atoms with Gasteiger partial charge in [0, 0.05) is 18.3 Å². The monoisotopic (exact) mass is 471 g/mol.